The third-order valence-corrected chi connectivity index (χ3v) is 3.62. The molecule has 0 radical (unpaired) electrons. The van der Waals surface area contributed by atoms with Crippen LogP contribution in [0.5, 0.6) is 0 Å². The third-order valence-electron chi connectivity index (χ3n) is 3.06. The van der Waals surface area contributed by atoms with Gasteiger partial charge in [-0.25, -0.2) is 4.98 Å². The number of rotatable bonds is 4. The molecule has 0 saturated heterocycles. The Labute approximate surface area is 123 Å². The van der Waals surface area contributed by atoms with Crippen molar-refractivity contribution in [3.8, 4) is 11.3 Å². The molecule has 0 bridgehead atoms. The van der Waals surface area contributed by atoms with Crippen LogP contribution in [-0.2, 0) is 13.0 Å². The summed E-state index contributed by atoms with van der Waals surface area (Å²) in [6.07, 6.45) is 1.93. The number of nitrogens with two attached hydrogens (primary N) is 1. The standard InChI is InChI=1S/C14H17Cl2N3/c1-3-5-12-18-13(14(17)19(12)4-2)10-8-9(15)6-7-11(10)16/h6-8H,3-5,17H2,1-2H3. The van der Waals surface area contributed by atoms with E-state index in [4.69, 9.17) is 28.9 Å². The summed E-state index contributed by atoms with van der Waals surface area (Å²) in [5, 5.41) is 1.24. The summed E-state index contributed by atoms with van der Waals surface area (Å²) in [7, 11) is 0. The summed E-state index contributed by atoms with van der Waals surface area (Å²) in [5.74, 6) is 1.64. The van der Waals surface area contributed by atoms with Gasteiger partial charge in [0.15, 0.2) is 0 Å². The highest BCUT2D eigenvalue weighted by atomic mass is 35.5. The van der Waals surface area contributed by atoms with Gasteiger partial charge in [0, 0.05) is 23.6 Å². The Kier molecular flexibility index (Phi) is 4.38. The lowest BCUT2D eigenvalue weighted by Crippen LogP contribution is -2.05. The molecule has 1 heterocycles. The van der Waals surface area contributed by atoms with Crippen LogP contribution in [-0.4, -0.2) is 9.55 Å². The number of anilines is 1. The number of nitrogens with zero attached hydrogens (tertiary/aromatic N) is 2. The minimum absolute atomic E-state index is 0.611. The lowest BCUT2D eigenvalue weighted by atomic mass is 10.1. The molecule has 5 heteroatoms. The van der Waals surface area contributed by atoms with Crippen molar-refractivity contribution in [2.24, 2.45) is 0 Å². The molecule has 0 atom stereocenters. The van der Waals surface area contributed by atoms with Crippen LogP contribution in [0.25, 0.3) is 11.3 Å². The highest BCUT2D eigenvalue weighted by Crippen LogP contribution is 2.34. The zero-order chi connectivity index (χ0) is 14.0. The molecule has 19 heavy (non-hydrogen) atoms. The molecular formula is C14H17Cl2N3. The normalized spacial score (nSPS) is 10.9. The average Bonchev–Trinajstić information content (AvgIpc) is 2.69. The first-order valence-corrected chi connectivity index (χ1v) is 7.14. The molecule has 0 spiro atoms. The Bertz CT molecular complexity index is 591. The summed E-state index contributed by atoms with van der Waals surface area (Å²) in [5.41, 5.74) is 7.70. The Morgan fingerprint density at radius 3 is 2.63 bits per heavy atom. The van der Waals surface area contributed by atoms with Gasteiger partial charge in [-0.15, -0.1) is 0 Å². The molecule has 0 fully saturated rings. The van der Waals surface area contributed by atoms with Gasteiger partial charge in [0.1, 0.15) is 17.3 Å². The molecule has 3 nitrogen and oxygen atoms in total. The highest BCUT2D eigenvalue weighted by molar-refractivity contribution is 6.35. The second-order valence-electron chi connectivity index (χ2n) is 4.38. The molecule has 0 aliphatic rings. The Morgan fingerprint density at radius 2 is 2.00 bits per heavy atom. The summed E-state index contributed by atoms with van der Waals surface area (Å²) in [6.45, 7) is 4.98. The van der Waals surface area contributed by atoms with Crippen molar-refractivity contribution in [2.45, 2.75) is 33.2 Å². The molecule has 1 aromatic heterocycles. The van der Waals surface area contributed by atoms with E-state index >= 15 is 0 Å². The number of halogens is 2. The summed E-state index contributed by atoms with van der Waals surface area (Å²) >= 11 is 12.2. The van der Waals surface area contributed by atoms with E-state index in [1.165, 1.54) is 0 Å². The van der Waals surface area contributed by atoms with E-state index in [9.17, 15) is 0 Å². The number of imidazole rings is 1. The van der Waals surface area contributed by atoms with Gasteiger partial charge in [-0.05, 0) is 31.5 Å². The van der Waals surface area contributed by atoms with Gasteiger partial charge in [0.25, 0.3) is 0 Å². The number of aromatic nitrogens is 2. The maximum atomic E-state index is 6.22. The zero-order valence-electron chi connectivity index (χ0n) is 11.1. The average molecular weight is 298 g/mol. The smallest absolute Gasteiger partial charge is 0.131 e. The number of hydrogen-bond donors (Lipinski definition) is 1. The fourth-order valence-corrected chi connectivity index (χ4v) is 2.54. The van der Waals surface area contributed by atoms with Crippen molar-refractivity contribution in [1.82, 2.24) is 9.55 Å². The van der Waals surface area contributed by atoms with Gasteiger partial charge in [-0.3, -0.25) is 0 Å². The van der Waals surface area contributed by atoms with Crippen LogP contribution in [0.4, 0.5) is 5.82 Å². The Hall–Kier alpha value is -1.19. The fraction of sp³-hybridized carbons (Fsp3) is 0.357. The minimum atomic E-state index is 0.611. The number of hydrogen-bond acceptors (Lipinski definition) is 2. The van der Waals surface area contributed by atoms with Crippen molar-refractivity contribution >= 4 is 29.0 Å². The highest BCUT2D eigenvalue weighted by Gasteiger charge is 2.17. The van der Waals surface area contributed by atoms with Gasteiger partial charge in [0.2, 0.25) is 0 Å². The SMILES string of the molecule is CCCc1nc(-c2cc(Cl)ccc2Cl)c(N)n1CC. The largest absolute Gasteiger partial charge is 0.383 e. The zero-order valence-corrected chi connectivity index (χ0v) is 12.6. The van der Waals surface area contributed by atoms with E-state index in [0.717, 1.165) is 36.5 Å². The predicted molar refractivity (Wildman–Crippen MR) is 81.8 cm³/mol. The van der Waals surface area contributed by atoms with Crippen LogP contribution in [0.3, 0.4) is 0 Å². The number of nitrogen functional groups attached to an aromatic ring is 1. The first-order valence-electron chi connectivity index (χ1n) is 6.38. The van der Waals surface area contributed by atoms with Crippen molar-refractivity contribution in [3.63, 3.8) is 0 Å². The van der Waals surface area contributed by atoms with Gasteiger partial charge in [0.05, 0.1) is 5.02 Å². The van der Waals surface area contributed by atoms with Gasteiger partial charge < -0.3 is 10.3 Å². The molecule has 0 unspecified atom stereocenters. The predicted octanol–water partition coefficient (Wildman–Crippen LogP) is 4.41. The molecule has 0 saturated carbocycles. The van der Waals surface area contributed by atoms with Crippen LogP contribution < -0.4 is 5.73 Å². The maximum Gasteiger partial charge on any atom is 0.131 e. The molecule has 1 aromatic carbocycles. The van der Waals surface area contributed by atoms with Crippen LogP contribution in [0.1, 0.15) is 26.1 Å². The molecule has 0 amide bonds. The molecule has 2 rings (SSSR count). The number of benzene rings is 1. The summed E-state index contributed by atoms with van der Waals surface area (Å²) in [4.78, 5) is 4.64. The molecule has 2 N–H and O–H groups in total. The van der Waals surface area contributed by atoms with Crippen molar-refractivity contribution in [3.05, 3.63) is 34.1 Å². The van der Waals surface area contributed by atoms with Gasteiger partial charge >= 0.3 is 0 Å². The van der Waals surface area contributed by atoms with E-state index in [2.05, 4.69) is 18.8 Å². The quantitative estimate of drug-likeness (QED) is 0.908. The van der Waals surface area contributed by atoms with Crippen LogP contribution in [0, 0.1) is 0 Å². The molecule has 0 aliphatic heterocycles. The van der Waals surface area contributed by atoms with Crippen LogP contribution >= 0.6 is 23.2 Å². The first-order chi connectivity index (χ1) is 9.08. The molecule has 0 aliphatic carbocycles. The van der Waals surface area contributed by atoms with Crippen LogP contribution in [0.15, 0.2) is 18.2 Å². The van der Waals surface area contributed by atoms with E-state index in [1.807, 2.05) is 4.57 Å². The van der Waals surface area contributed by atoms with E-state index in [0.29, 0.717) is 15.9 Å². The number of aryl methyl sites for hydroxylation is 1. The molecule has 102 valence electrons. The maximum absolute atomic E-state index is 6.22. The molecular weight excluding hydrogens is 281 g/mol. The summed E-state index contributed by atoms with van der Waals surface area (Å²) < 4.78 is 2.02. The fourth-order valence-electron chi connectivity index (χ4n) is 2.16. The second-order valence-corrected chi connectivity index (χ2v) is 5.22. The third kappa shape index (κ3) is 2.72. The minimum Gasteiger partial charge on any atom is -0.383 e. The van der Waals surface area contributed by atoms with Crippen molar-refractivity contribution in [1.29, 1.82) is 0 Å². The second kappa shape index (κ2) is 5.85. The lowest BCUT2D eigenvalue weighted by Gasteiger charge is -2.06. The lowest BCUT2D eigenvalue weighted by molar-refractivity contribution is 0.690. The Balaban J connectivity index is 2.59. The van der Waals surface area contributed by atoms with E-state index < -0.39 is 0 Å². The summed E-state index contributed by atoms with van der Waals surface area (Å²) in [6, 6.07) is 5.33. The van der Waals surface area contributed by atoms with Crippen LogP contribution in [0.2, 0.25) is 10.0 Å². The van der Waals surface area contributed by atoms with Gasteiger partial charge in [-0.1, -0.05) is 30.1 Å². The van der Waals surface area contributed by atoms with E-state index in [1.54, 1.807) is 18.2 Å². The first kappa shape index (κ1) is 14.2. The van der Waals surface area contributed by atoms with Crippen molar-refractivity contribution in [2.75, 3.05) is 5.73 Å². The van der Waals surface area contributed by atoms with Gasteiger partial charge in [-0.2, -0.15) is 0 Å². The topological polar surface area (TPSA) is 43.8 Å². The monoisotopic (exact) mass is 297 g/mol. The molecule has 2 aromatic rings. The van der Waals surface area contributed by atoms with E-state index in [-0.39, 0.29) is 0 Å². The Morgan fingerprint density at radius 1 is 1.26 bits per heavy atom. The van der Waals surface area contributed by atoms with Crippen molar-refractivity contribution < 1.29 is 0 Å².